The minimum atomic E-state index is -0.736. The Morgan fingerprint density at radius 3 is 2.62 bits per heavy atom. The maximum Gasteiger partial charge on any atom is 0.125 e. The SMILES string of the molecule is CCOc1ccccc1C(O)c1ccnc2ccccc12. The average Bonchev–Trinajstić information content (AvgIpc) is 2.54. The Kier molecular flexibility index (Phi) is 3.84. The van der Waals surface area contributed by atoms with Gasteiger partial charge in [0.15, 0.2) is 0 Å². The number of aliphatic hydroxyl groups is 1. The summed E-state index contributed by atoms with van der Waals surface area (Å²) in [5, 5.41) is 11.7. The highest BCUT2D eigenvalue weighted by Gasteiger charge is 2.17. The van der Waals surface area contributed by atoms with Gasteiger partial charge in [0.25, 0.3) is 0 Å². The number of hydrogen-bond acceptors (Lipinski definition) is 3. The Balaban J connectivity index is 2.11. The molecule has 1 unspecified atom stereocenters. The summed E-state index contributed by atoms with van der Waals surface area (Å²) in [6.45, 7) is 2.51. The predicted octanol–water partition coefficient (Wildman–Crippen LogP) is 3.72. The van der Waals surface area contributed by atoms with Crippen LogP contribution in [0.5, 0.6) is 5.75 Å². The molecule has 3 rings (SSSR count). The molecule has 0 spiro atoms. The van der Waals surface area contributed by atoms with E-state index in [0.29, 0.717) is 12.4 Å². The number of para-hydroxylation sites is 2. The van der Waals surface area contributed by atoms with Crippen LogP contribution in [0.3, 0.4) is 0 Å². The predicted molar refractivity (Wildman–Crippen MR) is 83.4 cm³/mol. The summed E-state index contributed by atoms with van der Waals surface area (Å²) in [5.74, 6) is 0.716. The zero-order chi connectivity index (χ0) is 14.7. The minimum absolute atomic E-state index is 0.570. The van der Waals surface area contributed by atoms with Crippen molar-refractivity contribution in [2.24, 2.45) is 0 Å². The Bertz CT molecular complexity index is 750. The maximum atomic E-state index is 10.8. The van der Waals surface area contributed by atoms with E-state index < -0.39 is 6.10 Å². The number of pyridine rings is 1. The first-order valence-corrected chi connectivity index (χ1v) is 7.04. The lowest BCUT2D eigenvalue weighted by atomic mass is 9.97. The van der Waals surface area contributed by atoms with E-state index in [2.05, 4.69) is 4.98 Å². The van der Waals surface area contributed by atoms with Crippen LogP contribution in [0.25, 0.3) is 10.9 Å². The highest BCUT2D eigenvalue weighted by Crippen LogP contribution is 2.33. The summed E-state index contributed by atoms with van der Waals surface area (Å²) in [5.41, 5.74) is 2.49. The summed E-state index contributed by atoms with van der Waals surface area (Å²) in [4.78, 5) is 4.33. The van der Waals surface area contributed by atoms with E-state index in [1.165, 1.54) is 0 Å². The minimum Gasteiger partial charge on any atom is -0.493 e. The molecule has 0 radical (unpaired) electrons. The van der Waals surface area contributed by atoms with Gasteiger partial charge in [-0.2, -0.15) is 0 Å². The van der Waals surface area contributed by atoms with Gasteiger partial charge >= 0.3 is 0 Å². The number of rotatable bonds is 4. The fourth-order valence-corrected chi connectivity index (χ4v) is 2.52. The highest BCUT2D eigenvalue weighted by atomic mass is 16.5. The van der Waals surface area contributed by atoms with Crippen LogP contribution in [-0.2, 0) is 0 Å². The molecule has 3 aromatic rings. The summed E-state index contributed by atoms with van der Waals surface area (Å²) >= 11 is 0. The molecule has 0 aliphatic heterocycles. The molecule has 3 heteroatoms. The van der Waals surface area contributed by atoms with E-state index in [-0.39, 0.29) is 0 Å². The van der Waals surface area contributed by atoms with E-state index >= 15 is 0 Å². The number of ether oxygens (including phenoxy) is 1. The number of aliphatic hydroxyl groups excluding tert-OH is 1. The molecule has 0 saturated heterocycles. The Labute approximate surface area is 123 Å². The van der Waals surface area contributed by atoms with Gasteiger partial charge in [0.2, 0.25) is 0 Å². The standard InChI is InChI=1S/C18H17NO2/c1-2-21-17-10-6-4-8-15(17)18(20)14-11-12-19-16-9-5-3-7-13(14)16/h3-12,18,20H,2H2,1H3. The van der Waals surface area contributed by atoms with Gasteiger partial charge in [0, 0.05) is 17.1 Å². The summed E-state index contributed by atoms with van der Waals surface area (Å²) in [6, 6.07) is 17.3. The summed E-state index contributed by atoms with van der Waals surface area (Å²) in [7, 11) is 0. The van der Waals surface area contributed by atoms with Gasteiger partial charge in [-0.25, -0.2) is 0 Å². The molecular weight excluding hydrogens is 262 g/mol. The first-order chi connectivity index (χ1) is 10.3. The fraction of sp³-hybridized carbons (Fsp3) is 0.167. The van der Waals surface area contributed by atoms with Gasteiger partial charge in [-0.05, 0) is 30.7 Å². The Morgan fingerprint density at radius 1 is 1.00 bits per heavy atom. The van der Waals surface area contributed by atoms with Crippen LogP contribution < -0.4 is 4.74 Å². The monoisotopic (exact) mass is 279 g/mol. The van der Waals surface area contributed by atoms with E-state index in [4.69, 9.17) is 4.74 Å². The molecule has 0 bridgehead atoms. The second-order valence-electron chi connectivity index (χ2n) is 4.79. The molecule has 1 atom stereocenters. The van der Waals surface area contributed by atoms with Crippen molar-refractivity contribution in [2.75, 3.05) is 6.61 Å². The Morgan fingerprint density at radius 2 is 1.76 bits per heavy atom. The van der Waals surface area contributed by atoms with E-state index in [0.717, 1.165) is 22.0 Å². The lowest BCUT2D eigenvalue weighted by Crippen LogP contribution is -2.04. The van der Waals surface area contributed by atoms with Gasteiger partial charge in [0.1, 0.15) is 11.9 Å². The first kappa shape index (κ1) is 13.6. The third-order valence-corrected chi connectivity index (χ3v) is 3.49. The second kappa shape index (κ2) is 5.94. The van der Waals surface area contributed by atoms with Gasteiger partial charge < -0.3 is 9.84 Å². The van der Waals surface area contributed by atoms with Gasteiger partial charge in [-0.1, -0.05) is 36.4 Å². The molecule has 1 heterocycles. The third-order valence-electron chi connectivity index (χ3n) is 3.49. The number of hydrogen-bond donors (Lipinski definition) is 1. The third kappa shape index (κ3) is 2.60. The van der Waals surface area contributed by atoms with E-state index in [9.17, 15) is 5.11 Å². The van der Waals surface area contributed by atoms with Crippen LogP contribution in [0.2, 0.25) is 0 Å². The zero-order valence-electron chi connectivity index (χ0n) is 11.9. The molecule has 0 fully saturated rings. The molecular formula is C18H17NO2. The summed E-state index contributed by atoms with van der Waals surface area (Å²) < 4.78 is 5.62. The molecule has 0 aliphatic carbocycles. The van der Waals surface area contributed by atoms with Crippen molar-refractivity contribution >= 4 is 10.9 Å². The van der Waals surface area contributed by atoms with Crippen molar-refractivity contribution < 1.29 is 9.84 Å². The van der Waals surface area contributed by atoms with Crippen molar-refractivity contribution in [3.8, 4) is 5.75 Å². The topological polar surface area (TPSA) is 42.4 Å². The molecule has 106 valence electrons. The van der Waals surface area contributed by atoms with Crippen LogP contribution in [-0.4, -0.2) is 16.7 Å². The largest absolute Gasteiger partial charge is 0.493 e. The van der Waals surface area contributed by atoms with E-state index in [1.54, 1.807) is 6.20 Å². The lowest BCUT2D eigenvalue weighted by molar-refractivity contribution is 0.213. The molecule has 1 aromatic heterocycles. The number of nitrogens with zero attached hydrogens (tertiary/aromatic N) is 1. The van der Waals surface area contributed by atoms with Crippen LogP contribution >= 0.6 is 0 Å². The van der Waals surface area contributed by atoms with Crippen LogP contribution in [0.4, 0.5) is 0 Å². The molecule has 1 N–H and O–H groups in total. The fourth-order valence-electron chi connectivity index (χ4n) is 2.52. The number of fused-ring (bicyclic) bond motifs is 1. The van der Waals surface area contributed by atoms with Gasteiger partial charge in [-0.15, -0.1) is 0 Å². The Hall–Kier alpha value is -2.39. The van der Waals surface area contributed by atoms with Crippen LogP contribution in [0, 0.1) is 0 Å². The second-order valence-corrected chi connectivity index (χ2v) is 4.79. The molecule has 3 nitrogen and oxygen atoms in total. The zero-order valence-corrected chi connectivity index (χ0v) is 11.9. The quantitative estimate of drug-likeness (QED) is 0.791. The molecule has 0 aliphatic rings. The first-order valence-electron chi connectivity index (χ1n) is 7.04. The van der Waals surface area contributed by atoms with Crippen molar-refractivity contribution in [1.29, 1.82) is 0 Å². The van der Waals surface area contributed by atoms with E-state index in [1.807, 2.05) is 61.5 Å². The van der Waals surface area contributed by atoms with Crippen molar-refractivity contribution in [1.82, 2.24) is 4.98 Å². The molecule has 21 heavy (non-hydrogen) atoms. The van der Waals surface area contributed by atoms with Crippen molar-refractivity contribution in [3.63, 3.8) is 0 Å². The number of aromatic nitrogens is 1. The normalized spacial score (nSPS) is 12.3. The van der Waals surface area contributed by atoms with Crippen LogP contribution in [0.15, 0.2) is 60.8 Å². The number of benzene rings is 2. The maximum absolute atomic E-state index is 10.8. The molecule has 2 aromatic carbocycles. The van der Waals surface area contributed by atoms with Gasteiger partial charge in [-0.3, -0.25) is 4.98 Å². The lowest BCUT2D eigenvalue weighted by Gasteiger charge is -2.17. The van der Waals surface area contributed by atoms with Gasteiger partial charge in [0.05, 0.1) is 12.1 Å². The smallest absolute Gasteiger partial charge is 0.125 e. The van der Waals surface area contributed by atoms with Crippen molar-refractivity contribution in [2.45, 2.75) is 13.0 Å². The van der Waals surface area contributed by atoms with Crippen molar-refractivity contribution in [3.05, 3.63) is 71.9 Å². The average molecular weight is 279 g/mol. The molecule has 0 amide bonds. The summed E-state index contributed by atoms with van der Waals surface area (Å²) in [6.07, 6.45) is 0.991. The molecule has 0 saturated carbocycles. The van der Waals surface area contributed by atoms with Crippen LogP contribution in [0.1, 0.15) is 24.2 Å². The highest BCUT2D eigenvalue weighted by molar-refractivity contribution is 5.82.